The number of alkyl carbamates (subject to hydrolysis) is 1. The summed E-state index contributed by atoms with van der Waals surface area (Å²) in [6, 6.07) is 18.8. The van der Waals surface area contributed by atoms with E-state index >= 15 is 0 Å². The molecule has 2 fully saturated rings. The maximum Gasteiger partial charge on any atom is 0.410 e. The van der Waals surface area contributed by atoms with Crippen molar-refractivity contribution < 1.29 is 55.8 Å². The van der Waals surface area contributed by atoms with E-state index in [0.29, 0.717) is 69.4 Å². The van der Waals surface area contributed by atoms with E-state index in [1.54, 1.807) is 31.7 Å². The number of carbonyl (C=O) groups is 6. The third kappa shape index (κ3) is 14.7. The van der Waals surface area contributed by atoms with Crippen LogP contribution in [0.4, 0.5) is 32.8 Å². The summed E-state index contributed by atoms with van der Waals surface area (Å²) in [4.78, 5) is 83.0. The molecule has 4 amide bonds. The smallest absolute Gasteiger partial charge is 0.410 e. The number of carbonyl (C=O) groups excluding carboxylic acids is 6. The van der Waals surface area contributed by atoms with Crippen LogP contribution in [0.3, 0.4) is 0 Å². The molecule has 1 aliphatic heterocycles. The minimum Gasteiger partial charge on any atom is -0.444 e. The first kappa shape index (κ1) is 55.7. The van der Waals surface area contributed by atoms with Crippen LogP contribution in [0.15, 0.2) is 66.7 Å². The van der Waals surface area contributed by atoms with Gasteiger partial charge in [-0.15, -0.1) is 0 Å². The largest absolute Gasteiger partial charge is 0.444 e. The number of amides is 4. The third-order valence-corrected chi connectivity index (χ3v) is 13.0. The molecule has 394 valence electrons. The van der Waals surface area contributed by atoms with Gasteiger partial charge in [0.1, 0.15) is 17.0 Å². The zero-order valence-corrected chi connectivity index (χ0v) is 42.8. The lowest BCUT2D eigenvalue weighted by Crippen LogP contribution is -2.47. The number of aromatic amines is 1. The fourth-order valence-electron chi connectivity index (χ4n) is 8.96. The van der Waals surface area contributed by atoms with Gasteiger partial charge in [0.2, 0.25) is 17.5 Å². The molecular weight excluding hydrogens is 951 g/mol. The normalized spacial score (nSPS) is 17.3. The first-order chi connectivity index (χ1) is 34.2. The van der Waals surface area contributed by atoms with Gasteiger partial charge in [-0.1, -0.05) is 37.3 Å². The fourth-order valence-corrected chi connectivity index (χ4v) is 8.96. The Morgan fingerprint density at radius 3 is 2.00 bits per heavy atom. The van der Waals surface area contributed by atoms with E-state index in [0.717, 1.165) is 29.2 Å². The van der Waals surface area contributed by atoms with Gasteiger partial charge in [-0.05, 0) is 158 Å². The van der Waals surface area contributed by atoms with Gasteiger partial charge >= 0.3 is 24.0 Å². The fraction of sp³-hybridized carbons (Fsp3) is 0.519. The van der Waals surface area contributed by atoms with Crippen molar-refractivity contribution in [2.45, 2.75) is 142 Å². The number of anilines is 1. The summed E-state index contributed by atoms with van der Waals surface area (Å²) in [7, 11) is 0. The summed E-state index contributed by atoms with van der Waals surface area (Å²) in [5, 5.41) is 14.3. The molecule has 0 radical (unpaired) electrons. The molecule has 0 spiro atoms. The number of hydrogen-bond acceptors (Lipinski definition) is 10. The van der Waals surface area contributed by atoms with E-state index in [1.165, 1.54) is 24.3 Å². The van der Waals surface area contributed by atoms with Crippen molar-refractivity contribution in [3.8, 4) is 22.5 Å². The maximum atomic E-state index is 14.7. The van der Waals surface area contributed by atoms with E-state index < -0.39 is 59.0 Å². The number of H-pyrrole nitrogens is 1. The molecule has 1 aliphatic carbocycles. The van der Waals surface area contributed by atoms with Crippen molar-refractivity contribution in [2.75, 3.05) is 25.0 Å². The molecule has 1 saturated heterocycles. The van der Waals surface area contributed by atoms with Crippen LogP contribution >= 0.6 is 0 Å². The Labute approximate surface area is 423 Å². The average molecular weight is 1020 g/mol. The molecule has 73 heavy (non-hydrogen) atoms. The number of Topliss-reactive ketones (excluding diaryl/α,β-unsaturated/α-hetero) is 2. The van der Waals surface area contributed by atoms with Gasteiger partial charge in [0.15, 0.2) is 5.82 Å². The second kappa shape index (κ2) is 23.0. The molecule has 2 aliphatic rings. The van der Waals surface area contributed by atoms with Gasteiger partial charge in [-0.3, -0.25) is 24.3 Å². The molecule has 3 aromatic carbocycles. The molecular formula is C54H67F4N7O8. The average Bonchev–Trinajstić information content (AvgIpc) is 3.84. The SMILES string of the molecule is CCC(=O)C(F)(F)C(F)(F)c1nc(-c2ccc(NC(=O)[C@@H](CC(=O)C3CCC(CNC(=O)OC(C)(C)C)CC3)Cc3ccc(-c4ccc(C(=O)NC5CCN(C(=O)OC(C)(C)C)CC5)cc4C)cc3)cc2)n[nH]1. The number of aromatic nitrogens is 3. The molecule has 4 aromatic rings. The Morgan fingerprint density at radius 1 is 0.795 bits per heavy atom. The van der Waals surface area contributed by atoms with Crippen LogP contribution in [0.2, 0.25) is 0 Å². The summed E-state index contributed by atoms with van der Waals surface area (Å²) in [6.45, 7) is 15.2. The highest BCUT2D eigenvalue weighted by atomic mass is 19.3. The van der Waals surface area contributed by atoms with Crippen LogP contribution in [0.25, 0.3) is 22.5 Å². The van der Waals surface area contributed by atoms with Gasteiger partial charge in [0, 0.05) is 67.2 Å². The van der Waals surface area contributed by atoms with Crippen molar-refractivity contribution in [2.24, 2.45) is 17.8 Å². The maximum absolute atomic E-state index is 14.7. The molecule has 0 unspecified atom stereocenters. The molecule has 1 saturated carbocycles. The summed E-state index contributed by atoms with van der Waals surface area (Å²) < 4.78 is 68.9. The number of nitrogens with one attached hydrogen (secondary N) is 4. The standard InChI is InChI=1S/C54H67F4N7O8/c1-9-44(67)53(55,56)54(57,58)48-62-45(63-64-48)37-18-21-40(22-19-37)60-47(69)39(30-43(66)36-16-12-34(13-17-36)31-59-49(70)72-51(3,4)5)29-33-10-14-35(15-11-33)42-23-20-38(28-32(42)2)46(68)61-41-24-26-65(27-25-41)50(71)73-52(6,7)8/h10-11,14-15,18-23,28,34,36,39,41H,9,12-13,16-17,24-27,29-31H2,1-8H3,(H,59,70)(H,60,69)(H,61,68)(H,62,63,64)/t34?,36?,39-/m1/s1. The number of benzene rings is 3. The van der Waals surface area contributed by atoms with E-state index in [-0.39, 0.29) is 59.9 Å². The van der Waals surface area contributed by atoms with Gasteiger partial charge in [-0.2, -0.15) is 22.7 Å². The van der Waals surface area contributed by atoms with Gasteiger partial charge in [-0.25, -0.2) is 14.6 Å². The molecule has 4 N–H and O–H groups in total. The lowest BCUT2D eigenvalue weighted by atomic mass is 9.77. The quantitative estimate of drug-likeness (QED) is 0.0738. The minimum atomic E-state index is -5.01. The summed E-state index contributed by atoms with van der Waals surface area (Å²) in [5.41, 5.74) is 3.19. The van der Waals surface area contributed by atoms with E-state index in [4.69, 9.17) is 9.47 Å². The topological polar surface area (TPSA) is 202 Å². The van der Waals surface area contributed by atoms with Crippen LogP contribution in [0.5, 0.6) is 0 Å². The Hall–Kier alpha value is -6.66. The number of piperidine rings is 1. The number of likely N-dealkylation sites (tertiary alicyclic amines) is 1. The number of ketones is 2. The number of halogens is 4. The van der Waals surface area contributed by atoms with Crippen LogP contribution in [-0.2, 0) is 36.2 Å². The summed E-state index contributed by atoms with van der Waals surface area (Å²) in [6.07, 6.45) is 2.31. The number of aryl methyl sites for hydroxylation is 1. The number of ether oxygens (including phenoxy) is 2. The molecule has 0 bridgehead atoms. The summed E-state index contributed by atoms with van der Waals surface area (Å²) in [5.74, 6) is -15.3. The number of hydrogen-bond donors (Lipinski definition) is 4. The number of nitrogens with zero attached hydrogens (tertiary/aromatic N) is 3. The molecule has 1 atom stereocenters. The second-order valence-electron chi connectivity index (χ2n) is 21.1. The van der Waals surface area contributed by atoms with Gasteiger partial charge < -0.3 is 30.3 Å². The van der Waals surface area contributed by atoms with E-state index in [1.807, 2.05) is 69.2 Å². The third-order valence-electron chi connectivity index (χ3n) is 13.0. The number of rotatable bonds is 17. The van der Waals surface area contributed by atoms with Gasteiger partial charge in [0.05, 0.1) is 0 Å². The highest BCUT2D eigenvalue weighted by molar-refractivity contribution is 5.97. The van der Waals surface area contributed by atoms with Crippen molar-refractivity contribution in [3.05, 3.63) is 89.2 Å². The highest BCUT2D eigenvalue weighted by Gasteiger charge is 2.64. The van der Waals surface area contributed by atoms with E-state index in [2.05, 4.69) is 26.0 Å². The monoisotopic (exact) mass is 1020 g/mol. The number of alkyl halides is 4. The van der Waals surface area contributed by atoms with E-state index in [9.17, 15) is 46.3 Å². The van der Waals surface area contributed by atoms with Crippen molar-refractivity contribution in [1.29, 1.82) is 0 Å². The minimum absolute atomic E-state index is 0.0536. The van der Waals surface area contributed by atoms with Crippen molar-refractivity contribution in [1.82, 2.24) is 30.7 Å². The van der Waals surface area contributed by atoms with Crippen LogP contribution < -0.4 is 16.0 Å². The Morgan fingerprint density at radius 2 is 1.41 bits per heavy atom. The molecule has 19 heteroatoms. The lowest BCUT2D eigenvalue weighted by molar-refractivity contribution is -0.216. The lowest BCUT2D eigenvalue weighted by Gasteiger charge is -2.33. The Balaban J connectivity index is 1.11. The van der Waals surface area contributed by atoms with Crippen LogP contribution in [0, 0.1) is 24.7 Å². The molecule has 2 heterocycles. The Kier molecular flexibility index (Phi) is 17.6. The molecule has 1 aromatic heterocycles. The van der Waals surface area contributed by atoms with Crippen LogP contribution in [0.1, 0.15) is 127 Å². The Bertz CT molecular complexity index is 2610. The summed E-state index contributed by atoms with van der Waals surface area (Å²) >= 11 is 0. The second-order valence-corrected chi connectivity index (χ2v) is 21.1. The first-order valence-electron chi connectivity index (χ1n) is 24.8. The van der Waals surface area contributed by atoms with Crippen LogP contribution in [-0.4, -0.2) is 98.4 Å². The predicted molar refractivity (Wildman–Crippen MR) is 266 cm³/mol. The molecule has 6 rings (SSSR count). The zero-order valence-electron chi connectivity index (χ0n) is 42.8. The highest BCUT2D eigenvalue weighted by Crippen LogP contribution is 2.43. The van der Waals surface area contributed by atoms with Crippen molar-refractivity contribution in [3.63, 3.8) is 0 Å². The van der Waals surface area contributed by atoms with Gasteiger partial charge in [0.25, 0.3) is 5.91 Å². The molecule has 15 nitrogen and oxygen atoms in total. The van der Waals surface area contributed by atoms with Crippen molar-refractivity contribution >= 4 is 41.3 Å². The predicted octanol–water partition coefficient (Wildman–Crippen LogP) is 10.4. The zero-order chi connectivity index (χ0) is 53.5. The first-order valence-corrected chi connectivity index (χ1v) is 24.8.